The Morgan fingerprint density at radius 2 is 2.00 bits per heavy atom. The average Bonchev–Trinajstić information content (AvgIpc) is 3.04. The largest absolute Gasteiger partial charge is 0.368 e. The summed E-state index contributed by atoms with van der Waals surface area (Å²) in [4.78, 5) is 28.5. The zero-order valence-corrected chi connectivity index (χ0v) is 13.7. The molecule has 3 aromatic rings. The lowest BCUT2D eigenvalue weighted by atomic mass is 10.1. The fourth-order valence-electron chi connectivity index (χ4n) is 2.42. The van der Waals surface area contributed by atoms with Gasteiger partial charge in [-0.2, -0.15) is 4.98 Å². The van der Waals surface area contributed by atoms with E-state index in [1.165, 1.54) is 16.3 Å². The van der Waals surface area contributed by atoms with Gasteiger partial charge in [0.25, 0.3) is 0 Å². The summed E-state index contributed by atoms with van der Waals surface area (Å²) in [6, 6.07) is 5.25. The third kappa shape index (κ3) is 2.63. The van der Waals surface area contributed by atoms with E-state index < -0.39 is 0 Å². The van der Waals surface area contributed by atoms with Crippen LogP contribution in [0.3, 0.4) is 0 Å². The molecule has 0 amide bonds. The minimum atomic E-state index is -0.372. The van der Waals surface area contributed by atoms with Crippen LogP contribution in [-0.4, -0.2) is 35.3 Å². The SMILES string of the molecule is CC(Sc1n[nH]c(N)n1)C(=O)c1ccc2c(c1)n(C)c(=O)n2C. The van der Waals surface area contributed by atoms with Crippen molar-refractivity contribution in [2.75, 3.05) is 5.73 Å². The van der Waals surface area contributed by atoms with Crippen molar-refractivity contribution in [3.05, 3.63) is 34.2 Å². The highest BCUT2D eigenvalue weighted by Gasteiger charge is 2.20. The first-order valence-electron chi connectivity index (χ1n) is 6.92. The number of carbonyl (C=O) groups is 1. The van der Waals surface area contributed by atoms with E-state index in [1.807, 2.05) is 0 Å². The highest BCUT2D eigenvalue weighted by atomic mass is 32.2. The summed E-state index contributed by atoms with van der Waals surface area (Å²) in [6.07, 6.45) is 0. The van der Waals surface area contributed by atoms with E-state index in [0.717, 1.165) is 11.0 Å². The minimum absolute atomic E-state index is 0.0587. The number of anilines is 1. The molecule has 0 aliphatic rings. The summed E-state index contributed by atoms with van der Waals surface area (Å²) in [5.41, 5.74) is 7.41. The number of nitrogens with two attached hydrogens (primary N) is 1. The first kappa shape index (κ1) is 15.3. The number of H-pyrrole nitrogens is 1. The molecule has 0 radical (unpaired) electrons. The maximum Gasteiger partial charge on any atom is 0.328 e. The van der Waals surface area contributed by atoms with Gasteiger partial charge >= 0.3 is 5.69 Å². The van der Waals surface area contributed by atoms with Gasteiger partial charge in [-0.05, 0) is 25.1 Å². The second-order valence-corrected chi connectivity index (χ2v) is 6.54. The number of thioether (sulfide) groups is 1. The second kappa shape index (κ2) is 5.58. The highest BCUT2D eigenvalue weighted by Crippen LogP contribution is 2.24. The maximum atomic E-state index is 12.6. The zero-order chi connectivity index (χ0) is 16.7. The Morgan fingerprint density at radius 1 is 1.30 bits per heavy atom. The molecule has 9 heteroatoms. The quantitative estimate of drug-likeness (QED) is 0.543. The fourth-order valence-corrected chi connectivity index (χ4v) is 3.23. The highest BCUT2D eigenvalue weighted by molar-refractivity contribution is 8.00. The Balaban J connectivity index is 1.91. The van der Waals surface area contributed by atoms with Crippen LogP contribution in [-0.2, 0) is 14.1 Å². The van der Waals surface area contributed by atoms with Crippen molar-refractivity contribution in [3.8, 4) is 0 Å². The van der Waals surface area contributed by atoms with Crippen LogP contribution in [0.4, 0.5) is 5.95 Å². The summed E-state index contributed by atoms with van der Waals surface area (Å²) in [7, 11) is 3.39. The van der Waals surface area contributed by atoms with Gasteiger partial charge in [0, 0.05) is 19.7 Å². The number of nitrogens with zero attached hydrogens (tertiary/aromatic N) is 4. The Morgan fingerprint density at radius 3 is 2.65 bits per heavy atom. The molecule has 0 saturated heterocycles. The van der Waals surface area contributed by atoms with Crippen molar-refractivity contribution in [1.82, 2.24) is 24.3 Å². The van der Waals surface area contributed by atoms with Gasteiger partial charge in [0.05, 0.1) is 16.3 Å². The van der Waals surface area contributed by atoms with Crippen molar-refractivity contribution < 1.29 is 4.79 Å². The van der Waals surface area contributed by atoms with Crippen LogP contribution in [0.1, 0.15) is 17.3 Å². The molecule has 3 N–H and O–H groups in total. The van der Waals surface area contributed by atoms with Gasteiger partial charge in [-0.25, -0.2) is 9.89 Å². The Hall–Kier alpha value is -2.55. The Bertz CT molecular complexity index is 954. The standard InChI is InChI=1S/C14H16N6O2S/c1-7(23-13-16-12(15)17-18-13)11(21)8-4-5-9-10(6-8)20(3)14(22)19(9)2/h4-7H,1-3H3,(H3,15,16,17,18). The van der Waals surface area contributed by atoms with Gasteiger partial charge < -0.3 is 5.73 Å². The molecule has 23 heavy (non-hydrogen) atoms. The molecule has 2 heterocycles. The van der Waals surface area contributed by atoms with Crippen LogP contribution < -0.4 is 11.4 Å². The van der Waals surface area contributed by atoms with E-state index in [9.17, 15) is 9.59 Å². The molecule has 1 atom stereocenters. The summed E-state index contributed by atoms with van der Waals surface area (Å²) < 4.78 is 3.08. The predicted octanol–water partition coefficient (Wildman–Crippen LogP) is 0.941. The van der Waals surface area contributed by atoms with Crippen molar-refractivity contribution in [2.24, 2.45) is 14.1 Å². The number of nitrogens with one attached hydrogen (secondary N) is 1. The molecule has 0 saturated carbocycles. The molecule has 3 rings (SSSR count). The molecule has 120 valence electrons. The lowest BCUT2D eigenvalue weighted by Gasteiger charge is -2.08. The first-order valence-corrected chi connectivity index (χ1v) is 7.80. The van der Waals surface area contributed by atoms with Gasteiger partial charge in [0.2, 0.25) is 11.1 Å². The molecular weight excluding hydrogens is 316 g/mol. The molecule has 0 spiro atoms. The molecule has 0 aliphatic carbocycles. The summed E-state index contributed by atoms with van der Waals surface area (Å²) in [6.45, 7) is 1.79. The molecular formula is C14H16N6O2S. The number of hydrogen-bond acceptors (Lipinski definition) is 6. The molecule has 0 aliphatic heterocycles. The number of aromatic nitrogens is 5. The third-order valence-electron chi connectivity index (χ3n) is 3.69. The third-order valence-corrected chi connectivity index (χ3v) is 4.65. The molecule has 8 nitrogen and oxygen atoms in total. The number of imidazole rings is 1. The van der Waals surface area contributed by atoms with Crippen molar-refractivity contribution in [2.45, 2.75) is 17.3 Å². The summed E-state index contributed by atoms with van der Waals surface area (Å²) >= 11 is 1.23. The fraction of sp³-hybridized carbons (Fsp3) is 0.286. The van der Waals surface area contributed by atoms with Crippen molar-refractivity contribution >= 4 is 34.5 Å². The van der Waals surface area contributed by atoms with Gasteiger partial charge in [-0.3, -0.25) is 13.9 Å². The van der Waals surface area contributed by atoms with Crippen LogP contribution in [0.15, 0.2) is 28.2 Å². The first-order chi connectivity index (χ1) is 10.9. The topological polar surface area (TPSA) is 112 Å². The van der Waals surface area contributed by atoms with E-state index in [-0.39, 0.29) is 22.7 Å². The van der Waals surface area contributed by atoms with Crippen LogP contribution in [0.5, 0.6) is 0 Å². The van der Waals surface area contributed by atoms with Gasteiger partial charge in [0.1, 0.15) is 0 Å². The molecule has 1 aromatic carbocycles. The normalized spacial score (nSPS) is 12.7. The monoisotopic (exact) mass is 332 g/mol. The van der Waals surface area contributed by atoms with E-state index in [1.54, 1.807) is 43.8 Å². The van der Waals surface area contributed by atoms with Crippen LogP contribution in [0, 0.1) is 0 Å². The predicted molar refractivity (Wildman–Crippen MR) is 88.6 cm³/mol. The maximum absolute atomic E-state index is 12.6. The number of rotatable bonds is 4. The van der Waals surface area contributed by atoms with Gasteiger partial charge in [-0.15, -0.1) is 5.10 Å². The number of aryl methyl sites for hydroxylation is 2. The average molecular weight is 332 g/mol. The van der Waals surface area contributed by atoms with Gasteiger partial charge in [0.15, 0.2) is 5.78 Å². The second-order valence-electron chi connectivity index (χ2n) is 5.23. The number of Topliss-reactive ketones (excluding diaryl/α,β-unsaturated/α-hetero) is 1. The molecule has 2 aromatic heterocycles. The number of nitrogen functional groups attached to an aromatic ring is 1. The number of carbonyl (C=O) groups excluding carboxylic acids is 1. The van der Waals surface area contributed by atoms with Crippen molar-refractivity contribution in [3.63, 3.8) is 0 Å². The van der Waals surface area contributed by atoms with E-state index >= 15 is 0 Å². The van der Waals surface area contributed by atoms with Crippen LogP contribution in [0.25, 0.3) is 11.0 Å². The van der Waals surface area contributed by atoms with E-state index in [4.69, 9.17) is 5.73 Å². The smallest absolute Gasteiger partial charge is 0.328 e. The summed E-state index contributed by atoms with van der Waals surface area (Å²) in [5, 5.41) is 6.50. The number of ketones is 1. The number of aromatic amines is 1. The summed E-state index contributed by atoms with van der Waals surface area (Å²) in [5.74, 6) is 0.157. The molecule has 0 fully saturated rings. The lowest BCUT2D eigenvalue weighted by Crippen LogP contribution is -2.19. The Kier molecular flexibility index (Phi) is 3.72. The van der Waals surface area contributed by atoms with Crippen molar-refractivity contribution in [1.29, 1.82) is 0 Å². The van der Waals surface area contributed by atoms with Gasteiger partial charge in [-0.1, -0.05) is 11.8 Å². The molecule has 1 unspecified atom stereocenters. The molecule has 0 bridgehead atoms. The number of hydrogen-bond donors (Lipinski definition) is 2. The van der Waals surface area contributed by atoms with Crippen LogP contribution in [0.2, 0.25) is 0 Å². The van der Waals surface area contributed by atoms with E-state index in [2.05, 4.69) is 15.2 Å². The number of fused-ring (bicyclic) bond motifs is 1. The zero-order valence-electron chi connectivity index (χ0n) is 12.9. The van der Waals surface area contributed by atoms with E-state index in [0.29, 0.717) is 10.7 Å². The van der Waals surface area contributed by atoms with Crippen LogP contribution >= 0.6 is 11.8 Å². The number of benzene rings is 1. The Labute approximate surface area is 135 Å². The lowest BCUT2D eigenvalue weighted by molar-refractivity contribution is 0.0994. The minimum Gasteiger partial charge on any atom is -0.368 e.